The maximum absolute atomic E-state index is 13.7. The maximum Gasteiger partial charge on any atom is 0.254 e. The van der Waals surface area contributed by atoms with Gasteiger partial charge in [0.1, 0.15) is 5.75 Å². The van der Waals surface area contributed by atoms with Crippen LogP contribution in [-0.2, 0) is 4.74 Å². The van der Waals surface area contributed by atoms with Crippen LogP contribution in [0.3, 0.4) is 0 Å². The lowest BCUT2D eigenvalue weighted by atomic mass is 10.0. The molecule has 1 saturated heterocycles. The van der Waals surface area contributed by atoms with Gasteiger partial charge in [-0.1, -0.05) is 29.8 Å². The molecule has 0 atom stereocenters. The van der Waals surface area contributed by atoms with Gasteiger partial charge >= 0.3 is 0 Å². The Bertz CT molecular complexity index is 1270. The van der Waals surface area contributed by atoms with Crippen molar-refractivity contribution >= 4 is 16.9 Å². The number of H-pyrrole nitrogens is 1. The highest BCUT2D eigenvalue weighted by Crippen LogP contribution is 2.33. The first kappa shape index (κ1) is 21.2. The number of carbonyl (C=O) groups is 1. The highest BCUT2D eigenvalue weighted by Gasteiger charge is 2.25. The highest BCUT2D eigenvalue weighted by molar-refractivity contribution is 6.11. The number of aromatic nitrogens is 3. The fourth-order valence-electron chi connectivity index (χ4n) is 4.09. The molecule has 168 valence electrons. The largest absolute Gasteiger partial charge is 0.494 e. The van der Waals surface area contributed by atoms with Gasteiger partial charge in [0, 0.05) is 24.2 Å². The van der Waals surface area contributed by atoms with Crippen molar-refractivity contribution in [3.63, 3.8) is 0 Å². The first-order chi connectivity index (χ1) is 16.1. The number of nitrogens with one attached hydrogen (secondary N) is 1. The molecule has 33 heavy (non-hydrogen) atoms. The van der Waals surface area contributed by atoms with E-state index in [9.17, 15) is 4.79 Å². The molecule has 0 saturated carbocycles. The fourth-order valence-corrected chi connectivity index (χ4v) is 4.09. The summed E-state index contributed by atoms with van der Waals surface area (Å²) in [5.74, 6) is 0.765. The van der Waals surface area contributed by atoms with E-state index in [-0.39, 0.29) is 5.91 Å². The molecule has 3 heterocycles. The van der Waals surface area contributed by atoms with E-state index < -0.39 is 0 Å². The van der Waals surface area contributed by atoms with Crippen molar-refractivity contribution in [2.24, 2.45) is 0 Å². The van der Waals surface area contributed by atoms with E-state index in [1.54, 1.807) is 0 Å². The summed E-state index contributed by atoms with van der Waals surface area (Å²) in [4.78, 5) is 20.3. The standard InChI is InChI=1S/C26H26N4O3/c1-3-33-20-10-8-18(9-11-20)22-16-21(26(31)30-12-14-32-15-13-30)23-24(28-29-25(23)27-22)19-6-4-17(2)5-7-19/h4-11,16H,3,12-15H2,1-2H3,(H,27,28,29). The molecule has 1 aliphatic rings. The number of aromatic amines is 1. The molecule has 2 aromatic heterocycles. The number of carbonyl (C=O) groups excluding carboxylic acids is 1. The Balaban J connectivity index is 1.65. The van der Waals surface area contributed by atoms with E-state index in [0.717, 1.165) is 28.0 Å². The van der Waals surface area contributed by atoms with Crippen molar-refractivity contribution in [2.45, 2.75) is 13.8 Å². The van der Waals surface area contributed by atoms with Crippen LogP contribution in [0.25, 0.3) is 33.5 Å². The number of morpholine rings is 1. The topological polar surface area (TPSA) is 80.3 Å². The number of benzene rings is 2. The Morgan fingerprint density at radius 2 is 1.76 bits per heavy atom. The van der Waals surface area contributed by atoms with Crippen molar-refractivity contribution in [1.29, 1.82) is 0 Å². The van der Waals surface area contributed by atoms with Gasteiger partial charge in [0.15, 0.2) is 5.65 Å². The maximum atomic E-state index is 13.7. The third-order valence-corrected chi connectivity index (χ3v) is 5.85. The van der Waals surface area contributed by atoms with Crippen LogP contribution in [0.15, 0.2) is 54.6 Å². The molecule has 5 rings (SSSR count). The molecule has 1 aliphatic heterocycles. The van der Waals surface area contributed by atoms with Crippen LogP contribution in [0.1, 0.15) is 22.8 Å². The summed E-state index contributed by atoms with van der Waals surface area (Å²) < 4.78 is 11.0. The van der Waals surface area contributed by atoms with Crippen molar-refractivity contribution in [3.8, 4) is 28.3 Å². The third kappa shape index (κ3) is 4.19. The fraction of sp³-hybridized carbons (Fsp3) is 0.269. The summed E-state index contributed by atoms with van der Waals surface area (Å²) in [7, 11) is 0. The lowest BCUT2D eigenvalue weighted by Gasteiger charge is -2.27. The molecule has 0 unspecified atom stereocenters. The van der Waals surface area contributed by atoms with Crippen LogP contribution in [0.4, 0.5) is 0 Å². The highest BCUT2D eigenvalue weighted by atomic mass is 16.5. The van der Waals surface area contributed by atoms with Crippen molar-refractivity contribution in [1.82, 2.24) is 20.1 Å². The lowest BCUT2D eigenvalue weighted by molar-refractivity contribution is 0.0304. The van der Waals surface area contributed by atoms with Gasteiger partial charge in [-0.3, -0.25) is 9.89 Å². The van der Waals surface area contributed by atoms with Crippen molar-refractivity contribution in [3.05, 3.63) is 65.7 Å². The first-order valence-corrected chi connectivity index (χ1v) is 11.2. The Hall–Kier alpha value is -3.71. The number of fused-ring (bicyclic) bond motifs is 1. The van der Waals surface area contributed by atoms with Gasteiger partial charge in [-0.25, -0.2) is 4.98 Å². The van der Waals surface area contributed by atoms with Crippen molar-refractivity contribution < 1.29 is 14.3 Å². The molecule has 1 amide bonds. The van der Waals surface area contributed by atoms with Crippen LogP contribution in [0.2, 0.25) is 0 Å². The molecule has 0 bridgehead atoms. The van der Waals surface area contributed by atoms with E-state index in [1.807, 2.05) is 73.3 Å². The summed E-state index contributed by atoms with van der Waals surface area (Å²) >= 11 is 0. The minimum atomic E-state index is -0.0346. The van der Waals surface area contributed by atoms with Crippen LogP contribution in [0, 0.1) is 6.92 Å². The Kier molecular flexibility index (Phi) is 5.79. The molecule has 1 N–H and O–H groups in total. The van der Waals surface area contributed by atoms with E-state index >= 15 is 0 Å². The Morgan fingerprint density at radius 1 is 1.06 bits per heavy atom. The normalized spacial score (nSPS) is 13.9. The molecule has 7 nitrogen and oxygen atoms in total. The lowest BCUT2D eigenvalue weighted by Crippen LogP contribution is -2.40. The van der Waals surface area contributed by atoms with Crippen LogP contribution >= 0.6 is 0 Å². The molecule has 7 heteroatoms. The number of hydrogen-bond acceptors (Lipinski definition) is 5. The van der Waals surface area contributed by atoms with Crippen LogP contribution < -0.4 is 4.74 Å². The number of pyridine rings is 1. The second kappa shape index (κ2) is 9.03. The number of amides is 1. The molecule has 4 aromatic rings. The molecular formula is C26H26N4O3. The Morgan fingerprint density at radius 3 is 2.45 bits per heavy atom. The monoisotopic (exact) mass is 442 g/mol. The minimum absolute atomic E-state index is 0.0346. The predicted molar refractivity (Wildman–Crippen MR) is 127 cm³/mol. The first-order valence-electron chi connectivity index (χ1n) is 11.2. The summed E-state index contributed by atoms with van der Waals surface area (Å²) in [6, 6.07) is 17.8. The van der Waals surface area contributed by atoms with Gasteiger partial charge in [-0.05, 0) is 44.2 Å². The predicted octanol–water partition coefficient (Wildman–Crippen LogP) is 4.47. The number of rotatable bonds is 5. The number of hydrogen-bond donors (Lipinski definition) is 1. The summed E-state index contributed by atoms with van der Waals surface area (Å²) in [6.07, 6.45) is 0. The molecule has 0 radical (unpaired) electrons. The third-order valence-electron chi connectivity index (χ3n) is 5.85. The van der Waals surface area contributed by atoms with E-state index in [1.165, 1.54) is 5.56 Å². The molecule has 0 spiro atoms. The van der Waals surface area contributed by atoms with Crippen LogP contribution in [-0.4, -0.2) is 58.9 Å². The zero-order valence-corrected chi connectivity index (χ0v) is 18.8. The Labute approximate surface area is 192 Å². The minimum Gasteiger partial charge on any atom is -0.494 e. The molecule has 0 aliphatic carbocycles. The number of ether oxygens (including phenoxy) is 2. The van der Waals surface area contributed by atoms with Crippen LogP contribution in [0.5, 0.6) is 5.75 Å². The molecular weight excluding hydrogens is 416 g/mol. The van der Waals surface area contributed by atoms with E-state index in [2.05, 4.69) is 10.2 Å². The zero-order valence-electron chi connectivity index (χ0n) is 18.8. The van der Waals surface area contributed by atoms with Gasteiger partial charge in [0.05, 0.1) is 42.2 Å². The SMILES string of the molecule is CCOc1ccc(-c2cc(C(=O)N3CCOCC3)c3c(-c4ccc(C)cc4)[nH]nc3n2)cc1. The summed E-state index contributed by atoms with van der Waals surface area (Å²) in [5, 5.41) is 8.35. The van der Waals surface area contributed by atoms with Gasteiger partial charge in [0.2, 0.25) is 0 Å². The summed E-state index contributed by atoms with van der Waals surface area (Å²) in [5.41, 5.74) is 5.65. The summed E-state index contributed by atoms with van der Waals surface area (Å²) in [6.45, 7) is 6.83. The smallest absolute Gasteiger partial charge is 0.254 e. The second-order valence-electron chi connectivity index (χ2n) is 8.08. The van der Waals surface area contributed by atoms with Gasteiger partial charge in [-0.15, -0.1) is 0 Å². The number of aryl methyl sites for hydroxylation is 1. The average molecular weight is 443 g/mol. The molecule has 1 fully saturated rings. The molecule has 2 aromatic carbocycles. The van der Waals surface area contributed by atoms with Crippen molar-refractivity contribution in [2.75, 3.05) is 32.9 Å². The zero-order chi connectivity index (χ0) is 22.8. The van der Waals surface area contributed by atoms with Gasteiger partial charge in [-0.2, -0.15) is 5.10 Å². The quantitative estimate of drug-likeness (QED) is 0.493. The van der Waals surface area contributed by atoms with Gasteiger partial charge < -0.3 is 14.4 Å². The average Bonchev–Trinajstić information content (AvgIpc) is 3.29. The van der Waals surface area contributed by atoms with E-state index in [4.69, 9.17) is 14.5 Å². The second-order valence-corrected chi connectivity index (χ2v) is 8.08. The van der Waals surface area contributed by atoms with Gasteiger partial charge in [0.25, 0.3) is 5.91 Å². The van der Waals surface area contributed by atoms with E-state index in [0.29, 0.717) is 49.8 Å². The number of nitrogens with zero attached hydrogens (tertiary/aromatic N) is 3.